The molecular formula is C26H35ClN2. The Hall–Kier alpha value is -1.51. The Kier molecular flexibility index (Phi) is 4.65. The normalized spacial score (nSPS) is 33.3. The average Bonchev–Trinajstić information content (AvgIpc) is 3.08. The van der Waals surface area contributed by atoms with Crippen LogP contribution < -0.4 is 5.32 Å². The second-order valence-electron chi connectivity index (χ2n) is 10.5. The molecule has 1 heterocycles. The van der Waals surface area contributed by atoms with Crippen molar-refractivity contribution in [1.29, 1.82) is 0 Å². The zero-order valence-corrected chi connectivity index (χ0v) is 19.2. The summed E-state index contributed by atoms with van der Waals surface area (Å²) < 4.78 is 0. The lowest BCUT2D eigenvalue weighted by Gasteiger charge is -2.56. The van der Waals surface area contributed by atoms with Gasteiger partial charge >= 0.3 is 0 Å². The van der Waals surface area contributed by atoms with Gasteiger partial charge in [-0.1, -0.05) is 52.0 Å². The van der Waals surface area contributed by atoms with Crippen LogP contribution in [0.2, 0.25) is 0 Å². The first-order chi connectivity index (χ1) is 13.5. The third-order valence-electron chi connectivity index (χ3n) is 8.34. The van der Waals surface area contributed by atoms with Gasteiger partial charge in [0.05, 0.1) is 11.5 Å². The van der Waals surface area contributed by atoms with E-state index >= 15 is 0 Å². The van der Waals surface area contributed by atoms with Crippen molar-refractivity contribution in [2.45, 2.75) is 69.2 Å². The number of nitrogens with two attached hydrogens (primary N) is 1. The van der Waals surface area contributed by atoms with Crippen LogP contribution in [0, 0.1) is 18.4 Å². The SMILES string of the molecule is C=CC(C)(C)c1[nH]c2cccc3c2c1[C@H]1[C@@H]([NH2+][CH2-])[C@@](C)(C=C)[C@H](Cl)C[C@@H]1C3(C)C. The molecule has 156 valence electrons. The summed E-state index contributed by atoms with van der Waals surface area (Å²) >= 11 is 7.06. The summed E-state index contributed by atoms with van der Waals surface area (Å²) in [7, 11) is 4.28. The van der Waals surface area contributed by atoms with Gasteiger partial charge in [0.25, 0.3) is 0 Å². The zero-order valence-electron chi connectivity index (χ0n) is 18.5. The minimum Gasteiger partial charge on any atom is -0.475 e. The van der Waals surface area contributed by atoms with E-state index in [1.54, 1.807) is 0 Å². The maximum absolute atomic E-state index is 7.06. The molecule has 1 aromatic carbocycles. The fraction of sp³-hybridized carbons (Fsp3) is 0.500. The monoisotopic (exact) mass is 410 g/mol. The van der Waals surface area contributed by atoms with Crippen molar-refractivity contribution in [3.63, 3.8) is 0 Å². The Morgan fingerprint density at radius 3 is 2.55 bits per heavy atom. The number of alkyl halides is 1. The number of fused-ring (bicyclic) bond motifs is 2. The number of quaternary nitrogens is 1. The lowest BCUT2D eigenvalue weighted by atomic mass is 9.50. The van der Waals surface area contributed by atoms with E-state index in [2.05, 4.69) is 95.5 Å². The second-order valence-corrected chi connectivity index (χ2v) is 11.0. The highest BCUT2D eigenvalue weighted by atomic mass is 35.5. The maximum Gasteiger partial charge on any atom is 0.0797 e. The van der Waals surface area contributed by atoms with Gasteiger partial charge < -0.3 is 10.3 Å². The van der Waals surface area contributed by atoms with Crippen LogP contribution >= 0.6 is 11.6 Å². The number of allylic oxidation sites excluding steroid dienone is 1. The van der Waals surface area contributed by atoms with Crippen LogP contribution in [-0.4, -0.2) is 16.4 Å². The number of benzene rings is 1. The van der Waals surface area contributed by atoms with E-state index in [0.717, 1.165) is 6.42 Å². The summed E-state index contributed by atoms with van der Waals surface area (Å²) in [6.45, 7) is 19.9. The zero-order chi connectivity index (χ0) is 21.4. The van der Waals surface area contributed by atoms with Crippen molar-refractivity contribution in [3.05, 3.63) is 67.4 Å². The highest BCUT2D eigenvalue weighted by Crippen LogP contribution is 2.60. The van der Waals surface area contributed by atoms with Crippen molar-refractivity contribution in [2.75, 3.05) is 0 Å². The fourth-order valence-electron chi connectivity index (χ4n) is 6.21. The molecule has 0 bridgehead atoms. The van der Waals surface area contributed by atoms with Crippen molar-refractivity contribution in [1.82, 2.24) is 4.98 Å². The van der Waals surface area contributed by atoms with Gasteiger partial charge in [-0.25, -0.2) is 0 Å². The van der Waals surface area contributed by atoms with Gasteiger partial charge in [-0.05, 0) is 41.9 Å². The molecule has 0 aliphatic heterocycles. The number of hydrogen-bond acceptors (Lipinski definition) is 0. The number of H-pyrrole nitrogens is 1. The highest BCUT2D eigenvalue weighted by Gasteiger charge is 2.58. The first-order valence-electron chi connectivity index (χ1n) is 10.7. The maximum atomic E-state index is 7.06. The number of halogens is 1. The van der Waals surface area contributed by atoms with E-state index in [0.29, 0.717) is 11.8 Å². The summed E-state index contributed by atoms with van der Waals surface area (Å²) in [5.41, 5.74) is 5.09. The Morgan fingerprint density at radius 1 is 1.28 bits per heavy atom. The fourth-order valence-corrected chi connectivity index (χ4v) is 6.64. The molecule has 2 nitrogen and oxygen atoms in total. The van der Waals surface area contributed by atoms with Crippen molar-refractivity contribution < 1.29 is 5.32 Å². The van der Waals surface area contributed by atoms with Crippen LogP contribution in [0.4, 0.5) is 0 Å². The number of nitrogens with one attached hydrogen (secondary N) is 1. The largest absolute Gasteiger partial charge is 0.475 e. The van der Waals surface area contributed by atoms with E-state index < -0.39 is 0 Å². The molecule has 3 heteroatoms. The molecule has 0 unspecified atom stereocenters. The molecular weight excluding hydrogens is 376 g/mol. The predicted octanol–water partition coefficient (Wildman–Crippen LogP) is 5.55. The second kappa shape index (κ2) is 6.49. The minimum atomic E-state index is -0.188. The van der Waals surface area contributed by atoms with Crippen LogP contribution in [0.25, 0.3) is 10.9 Å². The van der Waals surface area contributed by atoms with Crippen LogP contribution in [0.5, 0.6) is 0 Å². The molecule has 0 radical (unpaired) electrons. The predicted molar refractivity (Wildman–Crippen MR) is 124 cm³/mol. The molecule has 2 aromatic rings. The number of hydrogen-bond donors (Lipinski definition) is 2. The molecule has 1 saturated carbocycles. The third kappa shape index (κ3) is 2.58. The Morgan fingerprint density at radius 2 is 1.97 bits per heavy atom. The summed E-state index contributed by atoms with van der Waals surface area (Å²) in [6.07, 6.45) is 5.11. The highest BCUT2D eigenvalue weighted by molar-refractivity contribution is 6.21. The van der Waals surface area contributed by atoms with Gasteiger partial charge in [0.1, 0.15) is 0 Å². The van der Waals surface area contributed by atoms with Gasteiger partial charge in [0.2, 0.25) is 0 Å². The molecule has 2 aliphatic rings. The summed E-state index contributed by atoms with van der Waals surface area (Å²) in [6, 6.07) is 6.94. The van der Waals surface area contributed by atoms with Gasteiger partial charge in [-0.2, -0.15) is 7.05 Å². The van der Waals surface area contributed by atoms with Crippen LogP contribution in [0.3, 0.4) is 0 Å². The standard InChI is InChI=1S/C26H35ClN2/c1-9-24(3,4)22-21-19-15(12-11-13-17(19)29-22)25(5,6)16-14-18(27)26(7,10-2)23(28-8)20(16)21/h9-13,16,18,20,23,29H,1-2,8,14,28H2,3-7H3/t16-,18+,20-,23+,26-/m0/s1. The first kappa shape index (κ1) is 20.8. The molecule has 1 aromatic heterocycles. The van der Waals surface area contributed by atoms with Gasteiger partial charge in [0, 0.05) is 33.3 Å². The van der Waals surface area contributed by atoms with E-state index in [1.807, 2.05) is 0 Å². The number of aromatic amines is 1. The molecule has 2 aliphatic carbocycles. The first-order valence-corrected chi connectivity index (χ1v) is 11.2. The summed E-state index contributed by atoms with van der Waals surface area (Å²) in [5.74, 6) is 0.785. The molecule has 3 N–H and O–H groups in total. The van der Waals surface area contributed by atoms with Gasteiger partial charge in [-0.15, -0.1) is 24.8 Å². The molecule has 29 heavy (non-hydrogen) atoms. The molecule has 1 fully saturated rings. The molecule has 5 atom stereocenters. The Bertz CT molecular complexity index is 982. The summed E-state index contributed by atoms with van der Waals surface area (Å²) in [5, 5.41) is 3.58. The van der Waals surface area contributed by atoms with Crippen molar-refractivity contribution >= 4 is 22.5 Å². The number of aromatic nitrogens is 1. The Labute approximate surface area is 180 Å². The molecule has 0 saturated heterocycles. The van der Waals surface area contributed by atoms with Crippen LogP contribution in [0.15, 0.2) is 43.5 Å². The lowest BCUT2D eigenvalue weighted by Crippen LogP contribution is -2.91. The summed E-state index contributed by atoms with van der Waals surface area (Å²) in [4.78, 5) is 3.79. The minimum absolute atomic E-state index is 0.0336. The number of rotatable bonds is 4. The molecule has 0 spiro atoms. The Balaban J connectivity index is 2.12. The van der Waals surface area contributed by atoms with Gasteiger partial charge in [-0.3, -0.25) is 0 Å². The quantitative estimate of drug-likeness (QED) is 0.376. The third-order valence-corrected chi connectivity index (χ3v) is 8.99. The lowest BCUT2D eigenvalue weighted by molar-refractivity contribution is -0.654. The van der Waals surface area contributed by atoms with E-state index in [1.165, 1.54) is 27.7 Å². The average molecular weight is 411 g/mol. The van der Waals surface area contributed by atoms with Crippen molar-refractivity contribution in [3.8, 4) is 0 Å². The van der Waals surface area contributed by atoms with Gasteiger partial charge in [0.15, 0.2) is 0 Å². The molecule has 4 rings (SSSR count). The van der Waals surface area contributed by atoms with Crippen LogP contribution in [-0.2, 0) is 10.8 Å². The molecule has 0 amide bonds. The topological polar surface area (TPSA) is 32.4 Å². The smallest absolute Gasteiger partial charge is 0.0797 e. The van der Waals surface area contributed by atoms with E-state index in [-0.39, 0.29) is 27.7 Å². The van der Waals surface area contributed by atoms with Crippen molar-refractivity contribution in [2.24, 2.45) is 11.3 Å². The van der Waals surface area contributed by atoms with Crippen LogP contribution in [0.1, 0.15) is 63.8 Å². The van der Waals surface area contributed by atoms with E-state index in [9.17, 15) is 0 Å². The van der Waals surface area contributed by atoms with E-state index in [4.69, 9.17) is 11.6 Å².